The second-order valence-corrected chi connectivity index (χ2v) is 6.65. The fraction of sp³-hybridized carbons (Fsp3) is 0.867. The summed E-state index contributed by atoms with van der Waals surface area (Å²) >= 11 is 0. The normalized spacial score (nSPS) is 25.4. The molecular weight excluding hydrogens is 244 g/mol. The van der Waals surface area contributed by atoms with E-state index in [1.807, 2.05) is 6.92 Å². The minimum Gasteiger partial charge on any atom is -0.481 e. The van der Waals surface area contributed by atoms with Crippen molar-refractivity contribution >= 4 is 11.9 Å². The van der Waals surface area contributed by atoms with Gasteiger partial charge in [0.15, 0.2) is 0 Å². The molecule has 1 aliphatic carbocycles. The minimum atomic E-state index is -1.14. The van der Waals surface area contributed by atoms with Crippen LogP contribution in [0.25, 0.3) is 0 Å². The van der Waals surface area contributed by atoms with Crippen molar-refractivity contribution in [3.8, 4) is 0 Å². The SMILES string of the molecule is CC(OC(=O)CC(=O)O)C(C)[C@@H]1CCCC(C)(C)C1. The molecule has 1 aliphatic rings. The van der Waals surface area contributed by atoms with E-state index in [0.29, 0.717) is 11.3 Å². The van der Waals surface area contributed by atoms with E-state index in [2.05, 4.69) is 20.8 Å². The van der Waals surface area contributed by atoms with Gasteiger partial charge in [0.2, 0.25) is 0 Å². The fourth-order valence-corrected chi connectivity index (χ4v) is 3.07. The summed E-state index contributed by atoms with van der Waals surface area (Å²) in [5, 5.41) is 8.55. The standard InChI is InChI=1S/C15H26O4/c1-10(11(2)19-14(18)8-13(16)17)12-6-5-7-15(3,4)9-12/h10-12H,5-9H2,1-4H3,(H,16,17)/t10?,11?,12-/m1/s1. The van der Waals surface area contributed by atoms with Gasteiger partial charge in [-0.15, -0.1) is 0 Å². The monoisotopic (exact) mass is 270 g/mol. The summed E-state index contributed by atoms with van der Waals surface area (Å²) in [4.78, 5) is 21.8. The van der Waals surface area contributed by atoms with Gasteiger partial charge in [0, 0.05) is 0 Å². The first kappa shape index (κ1) is 16.0. The molecule has 0 radical (unpaired) electrons. The molecule has 0 bridgehead atoms. The maximum atomic E-state index is 11.4. The van der Waals surface area contributed by atoms with Gasteiger partial charge >= 0.3 is 11.9 Å². The molecule has 19 heavy (non-hydrogen) atoms. The Morgan fingerprint density at radius 1 is 1.37 bits per heavy atom. The Morgan fingerprint density at radius 3 is 2.53 bits per heavy atom. The topological polar surface area (TPSA) is 63.6 Å². The highest BCUT2D eigenvalue weighted by Crippen LogP contribution is 2.42. The zero-order valence-corrected chi connectivity index (χ0v) is 12.4. The molecule has 3 atom stereocenters. The second-order valence-electron chi connectivity index (χ2n) is 6.65. The van der Waals surface area contributed by atoms with Gasteiger partial charge in [-0.3, -0.25) is 9.59 Å². The van der Waals surface area contributed by atoms with Crippen LogP contribution in [0, 0.1) is 17.3 Å². The van der Waals surface area contributed by atoms with Crippen molar-refractivity contribution in [1.82, 2.24) is 0 Å². The van der Waals surface area contributed by atoms with Gasteiger partial charge in [-0.25, -0.2) is 0 Å². The molecule has 110 valence electrons. The van der Waals surface area contributed by atoms with Crippen LogP contribution in [0.5, 0.6) is 0 Å². The highest BCUT2D eigenvalue weighted by atomic mass is 16.5. The van der Waals surface area contributed by atoms with Crippen molar-refractivity contribution in [2.24, 2.45) is 17.3 Å². The van der Waals surface area contributed by atoms with E-state index < -0.39 is 18.4 Å². The lowest BCUT2D eigenvalue weighted by molar-refractivity contribution is -0.157. The molecular formula is C15H26O4. The smallest absolute Gasteiger partial charge is 0.317 e. The molecule has 1 N–H and O–H groups in total. The summed E-state index contributed by atoms with van der Waals surface area (Å²) in [5.41, 5.74) is 0.363. The molecule has 4 nitrogen and oxygen atoms in total. The lowest BCUT2D eigenvalue weighted by Crippen LogP contribution is -2.33. The molecule has 0 spiro atoms. The van der Waals surface area contributed by atoms with E-state index >= 15 is 0 Å². The molecule has 0 aromatic rings. The Labute approximate surface area is 115 Å². The van der Waals surface area contributed by atoms with Crippen LogP contribution in [-0.4, -0.2) is 23.1 Å². The van der Waals surface area contributed by atoms with Crippen LogP contribution in [0.4, 0.5) is 0 Å². The molecule has 0 aromatic carbocycles. The van der Waals surface area contributed by atoms with Crippen LogP contribution < -0.4 is 0 Å². The van der Waals surface area contributed by atoms with Crippen molar-refractivity contribution < 1.29 is 19.4 Å². The van der Waals surface area contributed by atoms with E-state index in [4.69, 9.17) is 9.84 Å². The summed E-state index contributed by atoms with van der Waals surface area (Å²) < 4.78 is 5.22. The van der Waals surface area contributed by atoms with E-state index in [1.165, 1.54) is 19.3 Å². The van der Waals surface area contributed by atoms with Crippen LogP contribution in [0.1, 0.15) is 59.8 Å². The molecule has 0 saturated heterocycles. The summed E-state index contributed by atoms with van der Waals surface area (Å²) in [6, 6.07) is 0. The second kappa shape index (κ2) is 6.40. The minimum absolute atomic E-state index is 0.217. The molecule has 0 heterocycles. The van der Waals surface area contributed by atoms with Crippen LogP contribution >= 0.6 is 0 Å². The van der Waals surface area contributed by atoms with E-state index in [0.717, 1.165) is 6.42 Å². The molecule has 0 aromatic heterocycles. The van der Waals surface area contributed by atoms with Crippen LogP contribution in [0.15, 0.2) is 0 Å². The molecule has 1 rings (SSSR count). The first-order valence-corrected chi connectivity index (χ1v) is 7.12. The number of hydrogen-bond acceptors (Lipinski definition) is 3. The average Bonchev–Trinajstić information content (AvgIpc) is 2.25. The van der Waals surface area contributed by atoms with Gasteiger partial charge in [0.25, 0.3) is 0 Å². The summed E-state index contributed by atoms with van der Waals surface area (Å²) in [6.45, 7) is 8.54. The number of rotatable bonds is 5. The summed E-state index contributed by atoms with van der Waals surface area (Å²) in [7, 11) is 0. The van der Waals surface area contributed by atoms with E-state index in [-0.39, 0.29) is 12.0 Å². The van der Waals surface area contributed by atoms with Gasteiger partial charge < -0.3 is 9.84 Å². The maximum Gasteiger partial charge on any atom is 0.317 e. The highest BCUT2D eigenvalue weighted by molar-refractivity contribution is 5.90. The fourth-order valence-electron chi connectivity index (χ4n) is 3.07. The maximum absolute atomic E-state index is 11.4. The number of carboxylic acids is 1. The molecule has 0 amide bonds. The summed E-state index contributed by atoms with van der Waals surface area (Å²) in [5.74, 6) is -0.945. The predicted molar refractivity (Wildman–Crippen MR) is 72.7 cm³/mol. The Bertz CT molecular complexity index is 335. The third-order valence-electron chi connectivity index (χ3n) is 4.34. The highest BCUT2D eigenvalue weighted by Gasteiger charge is 2.34. The van der Waals surface area contributed by atoms with Crippen LogP contribution in [0.2, 0.25) is 0 Å². The van der Waals surface area contributed by atoms with Gasteiger partial charge in [-0.1, -0.05) is 33.6 Å². The molecule has 2 unspecified atom stereocenters. The third-order valence-corrected chi connectivity index (χ3v) is 4.34. The zero-order chi connectivity index (χ0) is 14.6. The predicted octanol–water partition coefficient (Wildman–Crippen LogP) is 3.25. The van der Waals surface area contributed by atoms with Crippen molar-refractivity contribution in [3.63, 3.8) is 0 Å². The van der Waals surface area contributed by atoms with Crippen molar-refractivity contribution in [2.45, 2.75) is 65.9 Å². The van der Waals surface area contributed by atoms with Gasteiger partial charge in [-0.05, 0) is 37.0 Å². The van der Waals surface area contributed by atoms with Crippen molar-refractivity contribution in [1.29, 1.82) is 0 Å². The molecule has 1 fully saturated rings. The zero-order valence-electron chi connectivity index (χ0n) is 12.4. The molecule has 1 saturated carbocycles. The number of carbonyl (C=O) groups excluding carboxylic acids is 1. The lowest BCUT2D eigenvalue weighted by atomic mass is 9.68. The van der Waals surface area contributed by atoms with Crippen LogP contribution in [0.3, 0.4) is 0 Å². The van der Waals surface area contributed by atoms with Crippen molar-refractivity contribution in [2.75, 3.05) is 0 Å². The van der Waals surface area contributed by atoms with Gasteiger partial charge in [0.05, 0.1) is 0 Å². The number of carbonyl (C=O) groups is 2. The Balaban J connectivity index is 2.49. The van der Waals surface area contributed by atoms with E-state index in [9.17, 15) is 9.59 Å². The number of carboxylic acid groups (broad SMARTS) is 1. The Hall–Kier alpha value is -1.06. The average molecular weight is 270 g/mol. The van der Waals surface area contributed by atoms with Gasteiger partial charge in [0.1, 0.15) is 12.5 Å². The Morgan fingerprint density at radius 2 is 2.00 bits per heavy atom. The quantitative estimate of drug-likeness (QED) is 0.615. The number of esters is 1. The van der Waals surface area contributed by atoms with Crippen LogP contribution in [-0.2, 0) is 14.3 Å². The number of ether oxygens (including phenoxy) is 1. The molecule has 0 aliphatic heterocycles. The van der Waals surface area contributed by atoms with E-state index in [1.54, 1.807) is 0 Å². The number of aliphatic carboxylic acids is 1. The summed E-state index contributed by atoms with van der Waals surface area (Å²) in [6.07, 6.45) is 4.03. The largest absolute Gasteiger partial charge is 0.481 e. The van der Waals surface area contributed by atoms with Gasteiger partial charge in [-0.2, -0.15) is 0 Å². The Kier molecular flexibility index (Phi) is 5.39. The first-order valence-electron chi connectivity index (χ1n) is 7.12. The molecule has 4 heteroatoms. The third kappa shape index (κ3) is 5.21. The van der Waals surface area contributed by atoms with Crippen molar-refractivity contribution in [3.05, 3.63) is 0 Å². The first-order chi connectivity index (χ1) is 8.71. The lowest BCUT2D eigenvalue weighted by Gasteiger charge is -2.39. The number of hydrogen-bond donors (Lipinski definition) is 1.